The molecule has 0 radical (unpaired) electrons. The Morgan fingerprint density at radius 1 is 0.944 bits per heavy atom. The van der Waals surface area contributed by atoms with E-state index in [2.05, 4.69) is 5.32 Å². The van der Waals surface area contributed by atoms with Crippen LogP contribution in [0.15, 0.2) is 83.8 Å². The number of thioether (sulfide) groups is 1. The SMILES string of the molecule is Cc1ccccc1CN(C(=O)CCSc1ccc(Cl)cc1)[C@H](Cc1ccccc1)C(=O)NC(C)(C)C. The molecule has 1 N–H and O–H groups in total. The molecule has 2 amide bonds. The standard InChI is InChI=1S/C30H35ClN2O2S/c1-22-10-8-9-13-24(22)21-33(28(34)18-19-36-26-16-14-25(31)15-17-26)27(29(35)32-30(2,3)4)20-23-11-6-5-7-12-23/h5-17,27H,18-21H2,1-4H3,(H,32,35)/t27-/m1/s1. The van der Waals surface area contributed by atoms with E-state index in [-0.39, 0.29) is 11.8 Å². The van der Waals surface area contributed by atoms with Crippen LogP contribution in [0.4, 0.5) is 0 Å². The molecule has 3 aromatic carbocycles. The number of carbonyl (C=O) groups excluding carboxylic acids is 2. The quantitative estimate of drug-likeness (QED) is 0.302. The van der Waals surface area contributed by atoms with Crippen LogP contribution >= 0.6 is 23.4 Å². The first kappa shape index (κ1) is 27.8. The van der Waals surface area contributed by atoms with E-state index in [0.29, 0.717) is 30.2 Å². The number of amides is 2. The van der Waals surface area contributed by atoms with E-state index in [4.69, 9.17) is 11.6 Å². The molecule has 3 aromatic rings. The molecule has 0 bridgehead atoms. The Labute approximate surface area is 224 Å². The van der Waals surface area contributed by atoms with Crippen molar-refractivity contribution in [2.75, 3.05) is 5.75 Å². The molecule has 0 aromatic heterocycles. The fraction of sp³-hybridized carbons (Fsp3) is 0.333. The lowest BCUT2D eigenvalue weighted by molar-refractivity contribution is -0.141. The summed E-state index contributed by atoms with van der Waals surface area (Å²) in [5, 5.41) is 3.80. The third-order valence-electron chi connectivity index (χ3n) is 5.77. The maximum Gasteiger partial charge on any atom is 0.243 e. The zero-order chi connectivity index (χ0) is 26.1. The van der Waals surface area contributed by atoms with Gasteiger partial charge in [0.2, 0.25) is 11.8 Å². The van der Waals surface area contributed by atoms with Gasteiger partial charge in [-0.1, -0.05) is 66.2 Å². The first-order chi connectivity index (χ1) is 17.1. The van der Waals surface area contributed by atoms with Crippen molar-refractivity contribution in [1.29, 1.82) is 0 Å². The van der Waals surface area contributed by atoms with E-state index in [0.717, 1.165) is 21.6 Å². The lowest BCUT2D eigenvalue weighted by Crippen LogP contribution is -2.54. The highest BCUT2D eigenvalue weighted by atomic mass is 35.5. The fourth-order valence-corrected chi connectivity index (χ4v) is 4.88. The van der Waals surface area contributed by atoms with Gasteiger partial charge >= 0.3 is 0 Å². The van der Waals surface area contributed by atoms with Crippen molar-refractivity contribution < 1.29 is 9.59 Å². The second kappa shape index (κ2) is 13.0. The van der Waals surface area contributed by atoms with Gasteiger partial charge in [0, 0.05) is 40.6 Å². The largest absolute Gasteiger partial charge is 0.350 e. The summed E-state index contributed by atoms with van der Waals surface area (Å²) >= 11 is 7.61. The molecule has 1 atom stereocenters. The van der Waals surface area contributed by atoms with Crippen LogP contribution in [0.5, 0.6) is 0 Å². The summed E-state index contributed by atoms with van der Waals surface area (Å²) in [6.45, 7) is 8.30. The summed E-state index contributed by atoms with van der Waals surface area (Å²) in [6, 6.07) is 24.9. The molecule has 0 spiro atoms. The van der Waals surface area contributed by atoms with Crippen LogP contribution in [0.2, 0.25) is 5.02 Å². The molecular weight excluding hydrogens is 488 g/mol. The third kappa shape index (κ3) is 8.72. The van der Waals surface area contributed by atoms with Gasteiger partial charge in [0.25, 0.3) is 0 Å². The maximum absolute atomic E-state index is 13.7. The van der Waals surface area contributed by atoms with Crippen LogP contribution in [0.25, 0.3) is 0 Å². The van der Waals surface area contributed by atoms with Crippen molar-refractivity contribution in [2.45, 2.75) is 63.6 Å². The monoisotopic (exact) mass is 522 g/mol. The molecule has 0 aliphatic carbocycles. The van der Waals surface area contributed by atoms with Crippen molar-refractivity contribution in [3.05, 3.63) is 101 Å². The molecule has 0 aliphatic heterocycles. The topological polar surface area (TPSA) is 49.4 Å². The molecule has 36 heavy (non-hydrogen) atoms. The number of nitrogens with zero attached hydrogens (tertiary/aromatic N) is 1. The number of halogens is 1. The van der Waals surface area contributed by atoms with Crippen molar-refractivity contribution in [2.24, 2.45) is 0 Å². The summed E-state index contributed by atoms with van der Waals surface area (Å²) < 4.78 is 0. The zero-order valence-corrected chi connectivity index (χ0v) is 23.0. The van der Waals surface area contributed by atoms with Crippen molar-refractivity contribution in [3.8, 4) is 0 Å². The molecule has 0 unspecified atom stereocenters. The van der Waals surface area contributed by atoms with Crippen LogP contribution in [0, 0.1) is 6.92 Å². The molecule has 6 heteroatoms. The lowest BCUT2D eigenvalue weighted by Gasteiger charge is -2.34. The number of rotatable bonds is 10. The highest BCUT2D eigenvalue weighted by Gasteiger charge is 2.32. The molecule has 0 aliphatic rings. The van der Waals surface area contributed by atoms with E-state index >= 15 is 0 Å². The summed E-state index contributed by atoms with van der Waals surface area (Å²) in [4.78, 5) is 30.1. The van der Waals surface area contributed by atoms with Crippen LogP contribution in [-0.2, 0) is 22.6 Å². The van der Waals surface area contributed by atoms with Crippen molar-refractivity contribution >= 4 is 35.2 Å². The Balaban J connectivity index is 1.87. The minimum absolute atomic E-state index is 0.0373. The number of hydrogen-bond acceptors (Lipinski definition) is 3. The predicted molar refractivity (Wildman–Crippen MR) is 150 cm³/mol. The van der Waals surface area contributed by atoms with Gasteiger partial charge < -0.3 is 10.2 Å². The van der Waals surface area contributed by atoms with E-state index in [9.17, 15) is 9.59 Å². The Hall–Kier alpha value is -2.76. The van der Waals surface area contributed by atoms with E-state index in [1.807, 2.05) is 107 Å². The highest BCUT2D eigenvalue weighted by Crippen LogP contribution is 2.23. The van der Waals surface area contributed by atoms with Crippen LogP contribution < -0.4 is 5.32 Å². The van der Waals surface area contributed by atoms with Crippen molar-refractivity contribution in [1.82, 2.24) is 10.2 Å². The fourth-order valence-electron chi connectivity index (χ4n) is 3.91. The summed E-state index contributed by atoms with van der Waals surface area (Å²) in [7, 11) is 0. The van der Waals surface area contributed by atoms with Crippen LogP contribution in [0.3, 0.4) is 0 Å². The zero-order valence-electron chi connectivity index (χ0n) is 21.5. The Kier molecular flexibility index (Phi) is 10.0. The van der Waals surface area contributed by atoms with Gasteiger partial charge in [-0.2, -0.15) is 0 Å². The van der Waals surface area contributed by atoms with Crippen molar-refractivity contribution in [3.63, 3.8) is 0 Å². The molecule has 0 heterocycles. The number of hydrogen-bond donors (Lipinski definition) is 1. The van der Waals surface area contributed by atoms with Gasteiger partial charge in [-0.15, -0.1) is 11.8 Å². The summed E-state index contributed by atoms with van der Waals surface area (Å²) in [5.41, 5.74) is 2.75. The van der Waals surface area contributed by atoms with Gasteiger partial charge in [0.15, 0.2) is 0 Å². The maximum atomic E-state index is 13.7. The highest BCUT2D eigenvalue weighted by molar-refractivity contribution is 7.99. The number of benzene rings is 3. The first-order valence-corrected chi connectivity index (χ1v) is 13.6. The van der Waals surface area contributed by atoms with E-state index in [1.165, 1.54) is 0 Å². The average molecular weight is 523 g/mol. The second-order valence-corrected chi connectivity index (χ2v) is 11.6. The molecule has 0 saturated heterocycles. The van der Waals surface area contributed by atoms with Gasteiger partial charge in [-0.25, -0.2) is 0 Å². The summed E-state index contributed by atoms with van der Waals surface area (Å²) in [5.74, 6) is 0.437. The molecule has 3 rings (SSSR count). The van der Waals surface area contributed by atoms with Gasteiger partial charge in [-0.05, 0) is 68.7 Å². The molecule has 4 nitrogen and oxygen atoms in total. The van der Waals surface area contributed by atoms with Crippen LogP contribution in [-0.4, -0.2) is 34.0 Å². The van der Waals surface area contributed by atoms with Gasteiger partial charge in [-0.3, -0.25) is 9.59 Å². The molecular formula is C30H35ClN2O2S. The minimum Gasteiger partial charge on any atom is -0.350 e. The number of aryl methyl sites for hydroxylation is 1. The third-order valence-corrected chi connectivity index (χ3v) is 7.04. The second-order valence-electron chi connectivity index (χ2n) is 9.95. The Morgan fingerprint density at radius 2 is 1.58 bits per heavy atom. The summed E-state index contributed by atoms with van der Waals surface area (Å²) in [6.07, 6.45) is 0.776. The van der Waals surface area contributed by atoms with E-state index in [1.54, 1.807) is 16.7 Å². The molecule has 190 valence electrons. The van der Waals surface area contributed by atoms with E-state index < -0.39 is 11.6 Å². The average Bonchev–Trinajstić information content (AvgIpc) is 2.83. The lowest BCUT2D eigenvalue weighted by atomic mass is 9.99. The number of carbonyl (C=O) groups is 2. The normalized spacial score (nSPS) is 12.1. The van der Waals surface area contributed by atoms with Gasteiger partial charge in [0.1, 0.15) is 6.04 Å². The smallest absolute Gasteiger partial charge is 0.243 e. The molecule has 0 saturated carbocycles. The van der Waals surface area contributed by atoms with Gasteiger partial charge in [0.05, 0.1) is 0 Å². The predicted octanol–water partition coefficient (Wildman–Crippen LogP) is 6.69. The first-order valence-electron chi connectivity index (χ1n) is 12.2. The number of nitrogens with one attached hydrogen (secondary N) is 1. The van der Waals surface area contributed by atoms with Crippen LogP contribution in [0.1, 0.15) is 43.9 Å². The minimum atomic E-state index is -0.626. The Morgan fingerprint density at radius 3 is 2.22 bits per heavy atom. The molecule has 0 fully saturated rings. The Bertz CT molecular complexity index is 1140.